The molecule has 34 heavy (non-hydrogen) atoms. The zero-order chi connectivity index (χ0) is 23.8. The topological polar surface area (TPSA) is 17.8 Å². The molecule has 0 amide bonds. The third kappa shape index (κ3) is 8.70. The molecule has 4 rings (SSSR count). The zero-order valence-electron chi connectivity index (χ0n) is 20.9. The first kappa shape index (κ1) is 25.6. The summed E-state index contributed by atoms with van der Waals surface area (Å²) in [6, 6.07) is 31.8. The minimum Gasteiger partial charge on any atom is -0.335 e. The molecule has 176 valence electrons. The minimum atomic E-state index is 0.484. The van der Waals surface area contributed by atoms with E-state index in [4.69, 9.17) is 0 Å². The molecule has 0 spiro atoms. The maximum Gasteiger partial charge on any atom is 0.206 e. The van der Waals surface area contributed by atoms with Gasteiger partial charge in [0.05, 0.1) is 0 Å². The molecule has 1 aromatic heterocycles. The first-order valence-corrected chi connectivity index (χ1v) is 12.9. The molecule has 0 saturated carbocycles. The van der Waals surface area contributed by atoms with Crippen LogP contribution in [0.3, 0.4) is 0 Å². The highest BCUT2D eigenvalue weighted by molar-refractivity contribution is 6.84. The molecule has 0 aliphatic carbocycles. The van der Waals surface area contributed by atoms with Gasteiger partial charge in [0.15, 0.2) is 0 Å². The Kier molecular flexibility index (Phi) is 11.2. The summed E-state index contributed by atoms with van der Waals surface area (Å²) in [5.41, 5.74) is 4.08. The highest BCUT2D eigenvalue weighted by atomic mass is 15.1. The molecule has 0 bridgehead atoms. The lowest BCUT2D eigenvalue weighted by Gasteiger charge is -2.08. The second-order valence-corrected chi connectivity index (χ2v) is 9.01. The van der Waals surface area contributed by atoms with Gasteiger partial charge in [0.25, 0.3) is 0 Å². The Morgan fingerprint density at radius 1 is 0.676 bits per heavy atom. The molecule has 4 aromatic rings. The predicted octanol–water partition coefficient (Wildman–Crippen LogP) is 6.76. The number of benzene rings is 3. The van der Waals surface area contributed by atoms with Crippen molar-refractivity contribution in [2.45, 2.75) is 65.2 Å². The highest BCUT2D eigenvalue weighted by Gasteiger charge is 2.10. The van der Waals surface area contributed by atoms with Crippen LogP contribution in [-0.2, 0) is 13.0 Å². The summed E-state index contributed by atoms with van der Waals surface area (Å²) in [4.78, 5) is 4.50. The van der Waals surface area contributed by atoms with E-state index in [9.17, 15) is 0 Å². The summed E-state index contributed by atoms with van der Waals surface area (Å²) < 4.78 is 2.31. The van der Waals surface area contributed by atoms with E-state index in [0.717, 1.165) is 13.0 Å². The Balaban J connectivity index is 0.000000202. The van der Waals surface area contributed by atoms with Crippen molar-refractivity contribution in [2.24, 2.45) is 0 Å². The van der Waals surface area contributed by atoms with Crippen LogP contribution in [0.5, 0.6) is 0 Å². The summed E-state index contributed by atoms with van der Waals surface area (Å²) in [6.45, 7) is 6.10. The van der Waals surface area contributed by atoms with E-state index in [1.54, 1.807) is 0 Å². The van der Waals surface area contributed by atoms with Gasteiger partial charge in [-0.25, -0.2) is 4.98 Å². The quantitative estimate of drug-likeness (QED) is 0.182. The summed E-state index contributed by atoms with van der Waals surface area (Å²) in [5, 5.41) is 0. The lowest BCUT2D eigenvalue weighted by Crippen LogP contribution is -2.38. The van der Waals surface area contributed by atoms with E-state index in [0.29, 0.717) is 6.71 Å². The minimum absolute atomic E-state index is 0.484. The van der Waals surface area contributed by atoms with Gasteiger partial charge in [0, 0.05) is 25.4 Å². The summed E-state index contributed by atoms with van der Waals surface area (Å²) in [5.74, 6) is 1.18. The monoisotopic (exact) mass is 450 g/mol. The standard InChI is InChI=1S/C18H26N2.C13H13B/c1-2-3-4-5-6-10-14-20-15-13-19-18(20)16-17-11-8-7-9-12-17;1-14(12-8-4-2-5-9-12)13-10-6-3-7-11-13/h7-9,11-13,15H,2-6,10,14,16H2,1H3;2-11H,1H3. The van der Waals surface area contributed by atoms with E-state index in [-0.39, 0.29) is 0 Å². The van der Waals surface area contributed by atoms with Crippen LogP contribution in [0.15, 0.2) is 103 Å². The highest BCUT2D eigenvalue weighted by Crippen LogP contribution is 2.11. The van der Waals surface area contributed by atoms with Crippen molar-refractivity contribution in [1.29, 1.82) is 0 Å². The molecule has 1 heterocycles. The van der Waals surface area contributed by atoms with Gasteiger partial charge in [-0.1, -0.05) is 148 Å². The Hall–Kier alpha value is -3.07. The maximum absolute atomic E-state index is 4.50. The molecular weight excluding hydrogens is 411 g/mol. The number of aromatic nitrogens is 2. The van der Waals surface area contributed by atoms with Crippen LogP contribution in [0, 0.1) is 0 Å². The van der Waals surface area contributed by atoms with Gasteiger partial charge in [0.1, 0.15) is 5.82 Å². The number of unbranched alkanes of at least 4 members (excludes halogenated alkanes) is 5. The smallest absolute Gasteiger partial charge is 0.206 e. The van der Waals surface area contributed by atoms with E-state index in [1.165, 1.54) is 60.8 Å². The van der Waals surface area contributed by atoms with Crippen molar-refractivity contribution in [3.8, 4) is 0 Å². The number of hydrogen-bond donors (Lipinski definition) is 0. The Bertz CT molecular complexity index is 989. The summed E-state index contributed by atoms with van der Waals surface area (Å²) >= 11 is 0. The van der Waals surface area contributed by atoms with Crippen molar-refractivity contribution >= 4 is 17.6 Å². The van der Waals surface area contributed by atoms with Crippen LogP contribution in [-0.4, -0.2) is 16.3 Å². The largest absolute Gasteiger partial charge is 0.335 e. The fraction of sp³-hybridized carbons (Fsp3) is 0.323. The number of aryl methyl sites for hydroxylation is 1. The van der Waals surface area contributed by atoms with Crippen molar-refractivity contribution in [3.05, 3.63) is 115 Å². The van der Waals surface area contributed by atoms with Gasteiger partial charge in [0.2, 0.25) is 6.71 Å². The average Bonchev–Trinajstić information content (AvgIpc) is 3.34. The zero-order valence-corrected chi connectivity index (χ0v) is 20.9. The lowest BCUT2D eigenvalue weighted by molar-refractivity contribution is 0.548. The van der Waals surface area contributed by atoms with Crippen LogP contribution in [0.25, 0.3) is 0 Å². The van der Waals surface area contributed by atoms with Gasteiger partial charge in [-0.2, -0.15) is 0 Å². The van der Waals surface area contributed by atoms with Gasteiger partial charge >= 0.3 is 0 Å². The van der Waals surface area contributed by atoms with E-state index < -0.39 is 0 Å². The number of rotatable bonds is 11. The fourth-order valence-corrected chi connectivity index (χ4v) is 4.23. The molecule has 2 nitrogen and oxygen atoms in total. The SMILES string of the molecule is CB(c1ccccc1)c1ccccc1.CCCCCCCCn1ccnc1Cc1ccccc1. The van der Waals surface area contributed by atoms with Crippen molar-refractivity contribution in [3.63, 3.8) is 0 Å². The first-order chi connectivity index (χ1) is 16.8. The van der Waals surface area contributed by atoms with Crippen LogP contribution >= 0.6 is 0 Å². The molecular formula is C31H39BN2. The van der Waals surface area contributed by atoms with Crippen LogP contribution in [0.1, 0.15) is 56.8 Å². The van der Waals surface area contributed by atoms with Crippen molar-refractivity contribution in [1.82, 2.24) is 9.55 Å². The second kappa shape index (κ2) is 15.0. The van der Waals surface area contributed by atoms with E-state index >= 15 is 0 Å². The normalized spacial score (nSPS) is 10.4. The summed E-state index contributed by atoms with van der Waals surface area (Å²) in [6.07, 6.45) is 13.0. The Morgan fingerprint density at radius 2 is 1.21 bits per heavy atom. The third-order valence-corrected chi connectivity index (χ3v) is 6.36. The van der Waals surface area contributed by atoms with E-state index in [1.807, 2.05) is 6.20 Å². The van der Waals surface area contributed by atoms with Crippen molar-refractivity contribution < 1.29 is 0 Å². The van der Waals surface area contributed by atoms with Gasteiger partial charge < -0.3 is 4.57 Å². The summed E-state index contributed by atoms with van der Waals surface area (Å²) in [7, 11) is 0. The van der Waals surface area contributed by atoms with Crippen molar-refractivity contribution in [2.75, 3.05) is 0 Å². The molecule has 0 fully saturated rings. The maximum atomic E-state index is 4.50. The van der Waals surface area contributed by atoms with Crippen LogP contribution in [0.2, 0.25) is 6.82 Å². The molecule has 0 radical (unpaired) electrons. The third-order valence-electron chi connectivity index (χ3n) is 6.36. The molecule has 0 unspecified atom stereocenters. The molecule has 0 saturated heterocycles. The lowest BCUT2D eigenvalue weighted by atomic mass is 9.43. The molecule has 0 aliphatic heterocycles. The molecule has 3 aromatic carbocycles. The van der Waals surface area contributed by atoms with Gasteiger partial charge in [-0.15, -0.1) is 0 Å². The number of hydrogen-bond acceptors (Lipinski definition) is 1. The average molecular weight is 450 g/mol. The van der Waals surface area contributed by atoms with Crippen LogP contribution < -0.4 is 10.9 Å². The first-order valence-electron chi connectivity index (χ1n) is 12.9. The Labute approximate surface area is 207 Å². The predicted molar refractivity (Wildman–Crippen MR) is 149 cm³/mol. The van der Waals surface area contributed by atoms with Crippen LogP contribution in [0.4, 0.5) is 0 Å². The molecule has 0 atom stereocenters. The molecule has 3 heteroatoms. The molecule has 0 aliphatic rings. The second-order valence-electron chi connectivity index (χ2n) is 9.01. The Morgan fingerprint density at radius 3 is 1.79 bits per heavy atom. The van der Waals surface area contributed by atoms with Gasteiger partial charge in [-0.3, -0.25) is 0 Å². The molecule has 0 N–H and O–H groups in total. The fourth-order valence-electron chi connectivity index (χ4n) is 4.23. The van der Waals surface area contributed by atoms with Gasteiger partial charge in [-0.05, 0) is 12.0 Å². The number of imidazole rings is 1. The van der Waals surface area contributed by atoms with E-state index in [2.05, 4.69) is 120 Å². The number of nitrogens with zero attached hydrogens (tertiary/aromatic N) is 2.